The first-order valence-electron chi connectivity index (χ1n) is 9.15. The van der Waals surface area contributed by atoms with Crippen LogP contribution in [-0.2, 0) is 4.74 Å². The van der Waals surface area contributed by atoms with Gasteiger partial charge in [-0.1, -0.05) is 15.9 Å². The molecule has 1 N–H and O–H groups in total. The SMILES string of the molecule is CN=C(NCC1CCN(c2ccc(Br)cc2)C1)N(C)CC1CCOC1.I. The van der Waals surface area contributed by atoms with Crippen molar-refractivity contribution in [2.24, 2.45) is 16.8 Å². The van der Waals surface area contributed by atoms with Gasteiger partial charge in [0, 0.05) is 63.0 Å². The normalized spacial score (nSPS) is 23.0. The Hall–Kier alpha value is -0.540. The maximum absolute atomic E-state index is 5.48. The van der Waals surface area contributed by atoms with Crippen LogP contribution in [0.5, 0.6) is 0 Å². The summed E-state index contributed by atoms with van der Waals surface area (Å²) in [6.07, 6.45) is 2.38. The van der Waals surface area contributed by atoms with Crippen LogP contribution in [0.15, 0.2) is 33.7 Å². The number of benzene rings is 1. The molecule has 2 aliphatic heterocycles. The molecule has 0 amide bonds. The molecule has 26 heavy (non-hydrogen) atoms. The molecule has 2 unspecified atom stereocenters. The fraction of sp³-hybridized carbons (Fsp3) is 0.632. The van der Waals surface area contributed by atoms with Crippen molar-refractivity contribution >= 4 is 51.6 Å². The van der Waals surface area contributed by atoms with Gasteiger partial charge in [0.1, 0.15) is 0 Å². The highest BCUT2D eigenvalue weighted by molar-refractivity contribution is 14.0. The van der Waals surface area contributed by atoms with Crippen molar-refractivity contribution in [1.29, 1.82) is 0 Å². The molecule has 146 valence electrons. The van der Waals surface area contributed by atoms with E-state index in [1.807, 2.05) is 7.05 Å². The average molecular weight is 537 g/mol. The van der Waals surface area contributed by atoms with E-state index in [0.29, 0.717) is 11.8 Å². The monoisotopic (exact) mass is 536 g/mol. The van der Waals surface area contributed by atoms with E-state index in [4.69, 9.17) is 4.74 Å². The largest absolute Gasteiger partial charge is 0.381 e. The highest BCUT2D eigenvalue weighted by atomic mass is 127. The highest BCUT2D eigenvalue weighted by Gasteiger charge is 2.24. The number of rotatable bonds is 5. The second-order valence-corrected chi connectivity index (χ2v) is 8.03. The minimum absolute atomic E-state index is 0. The molecule has 0 bridgehead atoms. The van der Waals surface area contributed by atoms with Crippen LogP contribution in [0.1, 0.15) is 12.8 Å². The van der Waals surface area contributed by atoms with Crippen molar-refractivity contribution in [3.05, 3.63) is 28.7 Å². The number of anilines is 1. The molecule has 0 saturated carbocycles. The Morgan fingerprint density at radius 1 is 1.31 bits per heavy atom. The van der Waals surface area contributed by atoms with Gasteiger partial charge in [0.25, 0.3) is 0 Å². The summed E-state index contributed by atoms with van der Waals surface area (Å²) in [5, 5.41) is 3.57. The third kappa shape index (κ3) is 5.99. The number of ether oxygens (including phenoxy) is 1. The molecule has 3 rings (SSSR count). The average Bonchev–Trinajstić information content (AvgIpc) is 3.28. The first-order chi connectivity index (χ1) is 12.2. The van der Waals surface area contributed by atoms with Gasteiger partial charge in [0.15, 0.2) is 5.96 Å². The Morgan fingerprint density at radius 2 is 2.08 bits per heavy atom. The highest BCUT2D eigenvalue weighted by Crippen LogP contribution is 2.25. The quantitative estimate of drug-likeness (QED) is 0.355. The van der Waals surface area contributed by atoms with Crippen molar-refractivity contribution in [3.63, 3.8) is 0 Å². The van der Waals surface area contributed by atoms with E-state index in [1.54, 1.807) is 0 Å². The fourth-order valence-corrected chi connectivity index (χ4v) is 3.97. The summed E-state index contributed by atoms with van der Waals surface area (Å²) in [4.78, 5) is 9.16. The van der Waals surface area contributed by atoms with E-state index >= 15 is 0 Å². The van der Waals surface area contributed by atoms with Gasteiger partial charge in [-0.25, -0.2) is 0 Å². The number of halogens is 2. The summed E-state index contributed by atoms with van der Waals surface area (Å²) in [6.45, 7) is 6.00. The van der Waals surface area contributed by atoms with Crippen molar-refractivity contribution in [2.75, 3.05) is 58.4 Å². The van der Waals surface area contributed by atoms with Gasteiger partial charge in [-0.2, -0.15) is 0 Å². The van der Waals surface area contributed by atoms with Crippen molar-refractivity contribution < 1.29 is 4.74 Å². The lowest BCUT2D eigenvalue weighted by Crippen LogP contribution is -2.43. The summed E-state index contributed by atoms with van der Waals surface area (Å²) in [6, 6.07) is 8.61. The Bertz CT molecular complexity index is 577. The summed E-state index contributed by atoms with van der Waals surface area (Å²) < 4.78 is 6.61. The minimum atomic E-state index is 0. The van der Waals surface area contributed by atoms with Crippen LogP contribution >= 0.6 is 39.9 Å². The van der Waals surface area contributed by atoms with E-state index in [-0.39, 0.29) is 24.0 Å². The van der Waals surface area contributed by atoms with E-state index < -0.39 is 0 Å². The third-order valence-corrected chi connectivity index (χ3v) is 5.68. The van der Waals surface area contributed by atoms with E-state index in [2.05, 4.69) is 67.4 Å². The molecule has 5 nitrogen and oxygen atoms in total. The topological polar surface area (TPSA) is 40.1 Å². The zero-order valence-electron chi connectivity index (χ0n) is 15.7. The maximum atomic E-state index is 5.48. The summed E-state index contributed by atoms with van der Waals surface area (Å²) in [5.74, 6) is 2.28. The first-order valence-corrected chi connectivity index (χ1v) is 9.95. The van der Waals surface area contributed by atoms with Crippen molar-refractivity contribution in [3.8, 4) is 0 Å². The lowest BCUT2D eigenvalue weighted by atomic mass is 10.1. The molecule has 2 saturated heterocycles. The van der Waals surface area contributed by atoms with Gasteiger partial charge in [0.05, 0.1) is 6.61 Å². The minimum Gasteiger partial charge on any atom is -0.381 e. The third-order valence-electron chi connectivity index (χ3n) is 5.16. The molecule has 2 heterocycles. The predicted molar refractivity (Wildman–Crippen MR) is 123 cm³/mol. The van der Waals surface area contributed by atoms with Gasteiger partial charge in [-0.3, -0.25) is 4.99 Å². The molecule has 2 fully saturated rings. The molecule has 1 aromatic carbocycles. The second-order valence-electron chi connectivity index (χ2n) is 7.12. The molecular formula is C19H30BrIN4O. The number of hydrogen-bond donors (Lipinski definition) is 1. The van der Waals surface area contributed by atoms with Crippen LogP contribution in [-0.4, -0.2) is 64.3 Å². The molecule has 0 spiro atoms. The van der Waals surface area contributed by atoms with E-state index in [0.717, 1.165) is 56.2 Å². The van der Waals surface area contributed by atoms with E-state index in [1.165, 1.54) is 12.1 Å². The number of guanidine groups is 1. The molecule has 0 aliphatic carbocycles. The van der Waals surface area contributed by atoms with Gasteiger partial charge in [0.2, 0.25) is 0 Å². The van der Waals surface area contributed by atoms with Crippen LogP contribution in [0.3, 0.4) is 0 Å². The van der Waals surface area contributed by atoms with Crippen LogP contribution in [0, 0.1) is 11.8 Å². The lowest BCUT2D eigenvalue weighted by Gasteiger charge is -2.25. The molecule has 7 heteroatoms. The first kappa shape index (κ1) is 21.8. The van der Waals surface area contributed by atoms with Gasteiger partial charge in [-0.05, 0) is 43.0 Å². The predicted octanol–water partition coefficient (Wildman–Crippen LogP) is 3.44. The number of nitrogens with one attached hydrogen (secondary N) is 1. The Labute approximate surface area is 182 Å². The summed E-state index contributed by atoms with van der Waals surface area (Å²) in [7, 11) is 3.99. The Morgan fingerprint density at radius 3 is 2.73 bits per heavy atom. The standard InChI is InChI=1S/C19H29BrN4O.HI/c1-21-19(23(2)12-16-8-10-25-14-16)22-11-15-7-9-24(13-15)18-5-3-17(20)4-6-18;/h3-6,15-16H,7-14H2,1-2H3,(H,21,22);1H. The van der Waals surface area contributed by atoms with Gasteiger partial charge >= 0.3 is 0 Å². The zero-order valence-corrected chi connectivity index (χ0v) is 19.6. The van der Waals surface area contributed by atoms with Gasteiger partial charge < -0.3 is 19.9 Å². The molecule has 0 aromatic heterocycles. The summed E-state index contributed by atoms with van der Waals surface area (Å²) >= 11 is 3.51. The Balaban J connectivity index is 0.00000243. The molecule has 1 aromatic rings. The second kappa shape index (κ2) is 10.7. The zero-order chi connectivity index (χ0) is 17.6. The maximum Gasteiger partial charge on any atom is 0.193 e. The van der Waals surface area contributed by atoms with Crippen LogP contribution in [0.25, 0.3) is 0 Å². The number of hydrogen-bond acceptors (Lipinski definition) is 3. The smallest absolute Gasteiger partial charge is 0.193 e. The van der Waals surface area contributed by atoms with E-state index in [9.17, 15) is 0 Å². The Kier molecular flexibility index (Phi) is 8.96. The van der Waals surface area contributed by atoms with Crippen LogP contribution in [0.2, 0.25) is 0 Å². The van der Waals surface area contributed by atoms with Crippen molar-refractivity contribution in [2.45, 2.75) is 12.8 Å². The molecule has 0 radical (unpaired) electrons. The lowest BCUT2D eigenvalue weighted by molar-refractivity contribution is 0.181. The fourth-order valence-electron chi connectivity index (χ4n) is 3.71. The molecule has 2 atom stereocenters. The van der Waals surface area contributed by atoms with Gasteiger partial charge in [-0.15, -0.1) is 24.0 Å². The van der Waals surface area contributed by atoms with Crippen molar-refractivity contribution in [1.82, 2.24) is 10.2 Å². The number of nitrogens with zero attached hydrogens (tertiary/aromatic N) is 3. The number of aliphatic imine (C=N–C) groups is 1. The van der Waals surface area contributed by atoms with Crippen LogP contribution < -0.4 is 10.2 Å². The summed E-state index contributed by atoms with van der Waals surface area (Å²) in [5.41, 5.74) is 1.31. The van der Waals surface area contributed by atoms with Crippen LogP contribution in [0.4, 0.5) is 5.69 Å². The molecule has 2 aliphatic rings. The molecular weight excluding hydrogens is 507 g/mol.